The number of hydrogen-bond donors (Lipinski definition) is 1. The maximum Gasteiger partial charge on any atom is 0.275 e. The van der Waals surface area contributed by atoms with Crippen molar-refractivity contribution in [2.24, 2.45) is 0 Å². The summed E-state index contributed by atoms with van der Waals surface area (Å²) in [4.78, 5) is 10.6. The van der Waals surface area contributed by atoms with Gasteiger partial charge in [0.05, 0.1) is 23.4 Å². The van der Waals surface area contributed by atoms with Gasteiger partial charge in [-0.1, -0.05) is 6.92 Å². The number of rotatable bonds is 7. The van der Waals surface area contributed by atoms with Crippen molar-refractivity contribution in [2.45, 2.75) is 26.8 Å². The molecule has 0 unspecified atom stereocenters. The first-order chi connectivity index (χ1) is 10.1. The highest BCUT2D eigenvalue weighted by molar-refractivity contribution is 5.57. The van der Waals surface area contributed by atoms with Gasteiger partial charge in [0.15, 0.2) is 5.75 Å². The highest BCUT2D eigenvalue weighted by atomic mass is 16.6. The molecule has 0 amide bonds. The van der Waals surface area contributed by atoms with Gasteiger partial charge in [-0.25, -0.2) is 0 Å². The Morgan fingerprint density at radius 3 is 2.76 bits per heavy atom. The van der Waals surface area contributed by atoms with Gasteiger partial charge in [0, 0.05) is 30.9 Å². The van der Waals surface area contributed by atoms with Crippen LogP contribution in [0.4, 0.5) is 11.4 Å². The topological polar surface area (TPSA) is 82.2 Å². The Labute approximate surface area is 122 Å². The SMILES string of the molecule is CCCNc1cc(Oc2cnn(CC)c2)cc([N+](=O)[O-])c1. The van der Waals surface area contributed by atoms with Crippen LogP contribution in [0.15, 0.2) is 30.6 Å². The predicted molar refractivity (Wildman–Crippen MR) is 79.9 cm³/mol. The van der Waals surface area contributed by atoms with Crippen molar-refractivity contribution in [2.75, 3.05) is 11.9 Å². The summed E-state index contributed by atoms with van der Waals surface area (Å²) in [7, 11) is 0. The van der Waals surface area contributed by atoms with Crippen molar-refractivity contribution >= 4 is 11.4 Å². The molecular formula is C14H18N4O3. The number of nitrogens with zero attached hydrogens (tertiary/aromatic N) is 3. The fourth-order valence-electron chi connectivity index (χ4n) is 1.83. The van der Waals surface area contributed by atoms with E-state index in [1.165, 1.54) is 12.1 Å². The van der Waals surface area contributed by atoms with Crippen molar-refractivity contribution in [3.05, 3.63) is 40.7 Å². The average Bonchev–Trinajstić information content (AvgIpc) is 2.92. The standard InChI is InChI=1S/C14H18N4O3/c1-3-5-15-11-6-12(18(19)20)8-13(7-11)21-14-9-16-17(4-2)10-14/h6-10,15H,3-5H2,1-2H3. The summed E-state index contributed by atoms with van der Waals surface area (Å²) in [6.45, 7) is 5.48. The highest BCUT2D eigenvalue weighted by Gasteiger charge is 2.11. The molecule has 0 aliphatic carbocycles. The van der Waals surface area contributed by atoms with Crippen molar-refractivity contribution < 1.29 is 9.66 Å². The van der Waals surface area contributed by atoms with Gasteiger partial charge >= 0.3 is 0 Å². The summed E-state index contributed by atoms with van der Waals surface area (Å²) in [5, 5.41) is 18.2. The normalized spacial score (nSPS) is 10.4. The minimum absolute atomic E-state index is 0.00557. The molecule has 0 aliphatic heterocycles. The third-order valence-electron chi connectivity index (χ3n) is 2.85. The third-order valence-corrected chi connectivity index (χ3v) is 2.85. The largest absolute Gasteiger partial charge is 0.454 e. The summed E-state index contributed by atoms with van der Waals surface area (Å²) < 4.78 is 7.37. The van der Waals surface area contributed by atoms with Crippen LogP contribution in [0.2, 0.25) is 0 Å². The number of nitrogens with one attached hydrogen (secondary N) is 1. The summed E-state index contributed by atoms with van der Waals surface area (Å²) in [5.41, 5.74) is 0.665. The van der Waals surface area contributed by atoms with Crippen molar-refractivity contribution in [3.8, 4) is 11.5 Å². The van der Waals surface area contributed by atoms with E-state index in [2.05, 4.69) is 10.4 Å². The fourth-order valence-corrected chi connectivity index (χ4v) is 1.83. The second-order valence-electron chi connectivity index (χ2n) is 4.53. The number of nitro groups is 1. The molecule has 0 bridgehead atoms. The zero-order chi connectivity index (χ0) is 15.2. The monoisotopic (exact) mass is 290 g/mol. The molecule has 1 N–H and O–H groups in total. The Bertz CT molecular complexity index is 624. The Balaban J connectivity index is 2.24. The quantitative estimate of drug-likeness (QED) is 0.624. The van der Waals surface area contributed by atoms with Crippen LogP contribution in [0.5, 0.6) is 11.5 Å². The Kier molecular flexibility index (Phi) is 4.76. The van der Waals surface area contributed by atoms with Crippen LogP contribution >= 0.6 is 0 Å². The fraction of sp³-hybridized carbons (Fsp3) is 0.357. The number of benzene rings is 1. The number of anilines is 1. The molecule has 2 aromatic rings. The lowest BCUT2D eigenvalue weighted by Gasteiger charge is -2.08. The number of ether oxygens (including phenoxy) is 1. The molecule has 0 fully saturated rings. The molecule has 2 rings (SSSR count). The van der Waals surface area contributed by atoms with Crippen LogP contribution in [-0.4, -0.2) is 21.2 Å². The molecule has 0 saturated heterocycles. The van der Waals surface area contributed by atoms with Gasteiger partial charge in [-0.15, -0.1) is 0 Å². The van der Waals surface area contributed by atoms with Gasteiger partial charge in [0.1, 0.15) is 5.75 Å². The number of aryl methyl sites for hydroxylation is 1. The van der Waals surface area contributed by atoms with Gasteiger partial charge < -0.3 is 10.1 Å². The van der Waals surface area contributed by atoms with Gasteiger partial charge in [-0.2, -0.15) is 5.10 Å². The maximum absolute atomic E-state index is 11.0. The first-order valence-electron chi connectivity index (χ1n) is 6.86. The lowest BCUT2D eigenvalue weighted by molar-refractivity contribution is -0.384. The summed E-state index contributed by atoms with van der Waals surface area (Å²) >= 11 is 0. The summed E-state index contributed by atoms with van der Waals surface area (Å²) in [6.07, 6.45) is 4.27. The van der Waals surface area contributed by atoms with E-state index in [0.29, 0.717) is 17.2 Å². The van der Waals surface area contributed by atoms with Crippen LogP contribution in [0.25, 0.3) is 0 Å². The minimum atomic E-state index is -0.431. The Morgan fingerprint density at radius 2 is 2.14 bits per heavy atom. The molecule has 21 heavy (non-hydrogen) atoms. The molecule has 7 nitrogen and oxygen atoms in total. The highest BCUT2D eigenvalue weighted by Crippen LogP contribution is 2.29. The molecule has 7 heteroatoms. The smallest absolute Gasteiger partial charge is 0.275 e. The Morgan fingerprint density at radius 1 is 1.33 bits per heavy atom. The van der Waals surface area contributed by atoms with E-state index >= 15 is 0 Å². The molecule has 0 aliphatic rings. The van der Waals surface area contributed by atoms with E-state index < -0.39 is 4.92 Å². The number of non-ortho nitro benzene ring substituents is 1. The van der Waals surface area contributed by atoms with Crippen molar-refractivity contribution in [3.63, 3.8) is 0 Å². The van der Waals surface area contributed by atoms with Gasteiger partial charge in [-0.3, -0.25) is 14.8 Å². The van der Waals surface area contributed by atoms with Crippen LogP contribution < -0.4 is 10.1 Å². The molecule has 1 aromatic heterocycles. The molecular weight excluding hydrogens is 272 g/mol. The van der Waals surface area contributed by atoms with E-state index in [0.717, 1.165) is 19.5 Å². The lowest BCUT2D eigenvalue weighted by Crippen LogP contribution is -2.01. The second kappa shape index (κ2) is 6.74. The average molecular weight is 290 g/mol. The zero-order valence-corrected chi connectivity index (χ0v) is 12.1. The zero-order valence-electron chi connectivity index (χ0n) is 12.1. The molecule has 0 saturated carbocycles. The number of nitro benzene ring substituents is 1. The first kappa shape index (κ1) is 14.8. The van der Waals surface area contributed by atoms with Gasteiger partial charge in [0.25, 0.3) is 5.69 Å². The summed E-state index contributed by atoms with van der Waals surface area (Å²) in [6, 6.07) is 4.64. The van der Waals surface area contributed by atoms with Crippen LogP contribution in [0.3, 0.4) is 0 Å². The predicted octanol–water partition coefficient (Wildman–Crippen LogP) is 3.43. The molecule has 0 atom stereocenters. The van der Waals surface area contributed by atoms with E-state index in [9.17, 15) is 10.1 Å². The lowest BCUT2D eigenvalue weighted by atomic mass is 10.2. The van der Waals surface area contributed by atoms with E-state index in [1.807, 2.05) is 13.8 Å². The third kappa shape index (κ3) is 3.95. The Hall–Kier alpha value is -2.57. The molecule has 112 valence electrons. The van der Waals surface area contributed by atoms with E-state index in [-0.39, 0.29) is 5.69 Å². The summed E-state index contributed by atoms with van der Waals surface area (Å²) in [5.74, 6) is 0.970. The number of hydrogen-bond acceptors (Lipinski definition) is 5. The minimum Gasteiger partial charge on any atom is -0.454 e. The molecule has 0 spiro atoms. The molecule has 1 aromatic carbocycles. The number of aromatic nitrogens is 2. The molecule has 1 heterocycles. The molecule has 0 radical (unpaired) electrons. The van der Waals surface area contributed by atoms with Crippen LogP contribution in [0, 0.1) is 10.1 Å². The van der Waals surface area contributed by atoms with E-state index in [1.54, 1.807) is 23.1 Å². The van der Waals surface area contributed by atoms with Crippen molar-refractivity contribution in [1.82, 2.24) is 9.78 Å². The van der Waals surface area contributed by atoms with Gasteiger partial charge in [0.2, 0.25) is 0 Å². The first-order valence-corrected chi connectivity index (χ1v) is 6.86. The van der Waals surface area contributed by atoms with E-state index in [4.69, 9.17) is 4.74 Å². The maximum atomic E-state index is 11.0. The van der Waals surface area contributed by atoms with Crippen LogP contribution in [0.1, 0.15) is 20.3 Å². The second-order valence-corrected chi connectivity index (χ2v) is 4.53. The van der Waals surface area contributed by atoms with Crippen molar-refractivity contribution in [1.29, 1.82) is 0 Å². The van der Waals surface area contributed by atoms with Gasteiger partial charge in [-0.05, 0) is 13.3 Å². The van der Waals surface area contributed by atoms with Crippen LogP contribution in [-0.2, 0) is 6.54 Å².